The van der Waals surface area contributed by atoms with Crippen LogP contribution in [0.4, 0.5) is 5.69 Å². The number of hydrogen-bond donors (Lipinski definition) is 1. The summed E-state index contributed by atoms with van der Waals surface area (Å²) in [6.07, 6.45) is 3.70. The Labute approximate surface area is 185 Å². The van der Waals surface area contributed by atoms with Crippen LogP contribution < -0.4 is 9.62 Å². The first kappa shape index (κ1) is 24.2. The summed E-state index contributed by atoms with van der Waals surface area (Å²) in [6.45, 7) is 6.71. The molecule has 2 aromatic carbocycles. The molecule has 0 saturated heterocycles. The average molecular weight is 451 g/mol. The molecule has 0 saturated carbocycles. The summed E-state index contributed by atoms with van der Waals surface area (Å²) in [6, 6.07) is 11.6. The highest BCUT2D eigenvalue weighted by Crippen LogP contribution is 2.28. The normalized spacial score (nSPS) is 11.4. The molecule has 164 valence electrons. The van der Waals surface area contributed by atoms with Crippen molar-refractivity contribution in [2.75, 3.05) is 17.1 Å². The molecule has 0 heterocycles. The highest BCUT2D eigenvalue weighted by molar-refractivity contribution is 7.92. The van der Waals surface area contributed by atoms with Crippen LogP contribution in [0.2, 0.25) is 5.02 Å². The number of halogens is 1. The van der Waals surface area contributed by atoms with Gasteiger partial charge in [-0.3, -0.25) is 9.10 Å². The van der Waals surface area contributed by atoms with Crippen LogP contribution in [0.1, 0.15) is 48.9 Å². The molecule has 1 N–H and O–H groups in total. The van der Waals surface area contributed by atoms with Crippen molar-refractivity contribution in [2.45, 2.75) is 53.0 Å². The molecule has 0 atom stereocenters. The number of rotatable bonds is 10. The molecule has 5 nitrogen and oxygen atoms in total. The number of carbonyl (C=O) groups excluding carboxylic acids is 1. The number of hydrogen-bond acceptors (Lipinski definition) is 3. The first-order chi connectivity index (χ1) is 14.2. The van der Waals surface area contributed by atoms with Gasteiger partial charge >= 0.3 is 0 Å². The molecule has 2 aromatic rings. The molecule has 2 rings (SSSR count). The fraction of sp³-hybridized carbons (Fsp3) is 0.435. The number of carbonyl (C=O) groups is 1. The third-order valence-electron chi connectivity index (χ3n) is 5.21. The van der Waals surface area contributed by atoms with Crippen molar-refractivity contribution in [3.8, 4) is 0 Å². The summed E-state index contributed by atoms with van der Waals surface area (Å²) in [5.74, 6) is -0.0878. The fourth-order valence-corrected chi connectivity index (χ4v) is 4.59. The molecule has 0 bridgehead atoms. The summed E-state index contributed by atoms with van der Waals surface area (Å²) in [5, 5.41) is 3.48. The van der Waals surface area contributed by atoms with E-state index < -0.39 is 10.0 Å². The van der Waals surface area contributed by atoms with Gasteiger partial charge in [0.05, 0.1) is 11.9 Å². The van der Waals surface area contributed by atoms with Gasteiger partial charge in [0.15, 0.2) is 0 Å². The molecule has 0 fully saturated rings. The monoisotopic (exact) mass is 450 g/mol. The summed E-state index contributed by atoms with van der Waals surface area (Å²) in [4.78, 5) is 12.4. The van der Waals surface area contributed by atoms with Crippen molar-refractivity contribution in [2.24, 2.45) is 0 Å². The lowest BCUT2D eigenvalue weighted by Gasteiger charge is -2.24. The van der Waals surface area contributed by atoms with Gasteiger partial charge in [-0.1, -0.05) is 49.7 Å². The maximum atomic E-state index is 12.4. The van der Waals surface area contributed by atoms with Gasteiger partial charge in [-0.2, -0.15) is 0 Å². The maximum Gasteiger partial charge on any atom is 0.232 e. The van der Waals surface area contributed by atoms with Gasteiger partial charge in [-0.25, -0.2) is 8.42 Å². The van der Waals surface area contributed by atoms with E-state index in [-0.39, 0.29) is 18.9 Å². The van der Waals surface area contributed by atoms with Crippen molar-refractivity contribution in [3.63, 3.8) is 0 Å². The topological polar surface area (TPSA) is 66.5 Å². The molecular weight excluding hydrogens is 420 g/mol. The van der Waals surface area contributed by atoms with Gasteiger partial charge in [-0.05, 0) is 60.6 Å². The first-order valence-electron chi connectivity index (χ1n) is 10.3. The van der Waals surface area contributed by atoms with E-state index in [1.807, 2.05) is 0 Å². The number of aryl methyl sites for hydroxylation is 2. The molecule has 0 aromatic heterocycles. The average Bonchev–Trinajstić information content (AvgIpc) is 2.71. The maximum absolute atomic E-state index is 12.4. The second-order valence-electron chi connectivity index (χ2n) is 7.41. The summed E-state index contributed by atoms with van der Waals surface area (Å²) < 4.78 is 25.9. The van der Waals surface area contributed by atoms with Gasteiger partial charge in [0.25, 0.3) is 0 Å². The molecule has 0 aliphatic heterocycles. The molecule has 7 heteroatoms. The van der Waals surface area contributed by atoms with Crippen molar-refractivity contribution in [3.05, 3.63) is 63.7 Å². The van der Waals surface area contributed by atoms with Gasteiger partial charge < -0.3 is 5.32 Å². The van der Waals surface area contributed by atoms with Crippen LogP contribution >= 0.6 is 11.6 Å². The van der Waals surface area contributed by atoms with E-state index in [0.29, 0.717) is 29.2 Å². The Hall–Kier alpha value is -2.05. The Morgan fingerprint density at radius 3 is 2.47 bits per heavy atom. The number of nitrogens with one attached hydrogen (secondary N) is 1. The highest BCUT2D eigenvalue weighted by atomic mass is 35.5. The van der Waals surface area contributed by atoms with Gasteiger partial charge in [-0.15, -0.1) is 0 Å². The second kappa shape index (κ2) is 10.8. The smallest absolute Gasteiger partial charge is 0.232 e. The SMILES string of the molecule is CCc1ccc(CC)c(CNC(=O)CCCN(c2cccc(Cl)c2C)S(C)(=O)=O)c1. The van der Waals surface area contributed by atoms with Crippen molar-refractivity contribution in [1.82, 2.24) is 5.32 Å². The number of amides is 1. The van der Waals surface area contributed by atoms with E-state index in [2.05, 4.69) is 37.4 Å². The number of benzene rings is 2. The molecular formula is C23H31ClN2O3S. The van der Waals surface area contributed by atoms with E-state index in [9.17, 15) is 13.2 Å². The lowest BCUT2D eigenvalue weighted by atomic mass is 10.0. The molecule has 0 aliphatic carbocycles. The zero-order valence-corrected chi connectivity index (χ0v) is 19.7. The van der Waals surface area contributed by atoms with Crippen LogP contribution in [-0.2, 0) is 34.2 Å². The van der Waals surface area contributed by atoms with Crippen LogP contribution in [0.15, 0.2) is 36.4 Å². The number of nitrogens with zero attached hydrogens (tertiary/aromatic N) is 1. The minimum atomic E-state index is -3.48. The van der Waals surface area contributed by atoms with Gasteiger partial charge in [0.1, 0.15) is 0 Å². The van der Waals surface area contributed by atoms with Crippen LogP contribution in [-0.4, -0.2) is 27.1 Å². The fourth-order valence-electron chi connectivity index (χ4n) is 3.41. The lowest BCUT2D eigenvalue weighted by Crippen LogP contribution is -2.32. The zero-order chi connectivity index (χ0) is 22.3. The molecule has 0 spiro atoms. The Kier molecular flexibility index (Phi) is 8.74. The molecule has 0 radical (unpaired) electrons. The Balaban J connectivity index is 1.98. The molecule has 0 aliphatic rings. The van der Waals surface area contributed by atoms with E-state index in [1.54, 1.807) is 25.1 Å². The third kappa shape index (κ3) is 6.47. The first-order valence-corrected chi connectivity index (χ1v) is 12.5. The van der Waals surface area contributed by atoms with Crippen molar-refractivity contribution < 1.29 is 13.2 Å². The quantitative estimate of drug-likeness (QED) is 0.573. The third-order valence-corrected chi connectivity index (χ3v) is 6.80. The number of anilines is 1. The Bertz CT molecular complexity index is 990. The predicted octanol–water partition coefficient (Wildman–Crippen LogP) is 4.64. The molecule has 30 heavy (non-hydrogen) atoms. The van der Waals surface area contributed by atoms with Gasteiger partial charge in [0.2, 0.25) is 15.9 Å². The molecule has 0 unspecified atom stereocenters. The van der Waals surface area contributed by atoms with Crippen LogP contribution in [0, 0.1) is 6.92 Å². The van der Waals surface area contributed by atoms with Crippen molar-refractivity contribution in [1.29, 1.82) is 0 Å². The standard InChI is InChI=1S/C23H31ClN2O3S/c1-5-18-12-13-19(6-2)20(15-18)16-25-23(27)11-8-14-26(30(4,28)29)22-10-7-9-21(24)17(22)3/h7,9-10,12-13,15H,5-6,8,11,14,16H2,1-4H3,(H,25,27). The zero-order valence-electron chi connectivity index (χ0n) is 18.2. The van der Waals surface area contributed by atoms with Gasteiger partial charge in [0, 0.05) is 24.5 Å². The Morgan fingerprint density at radius 1 is 1.10 bits per heavy atom. The van der Waals surface area contributed by atoms with Crippen LogP contribution in [0.25, 0.3) is 0 Å². The summed E-state index contributed by atoms with van der Waals surface area (Å²) in [5.41, 5.74) is 4.87. The number of sulfonamides is 1. The molecule has 1 amide bonds. The summed E-state index contributed by atoms with van der Waals surface area (Å²) in [7, 11) is -3.48. The lowest BCUT2D eigenvalue weighted by molar-refractivity contribution is -0.121. The van der Waals surface area contributed by atoms with E-state index in [1.165, 1.54) is 21.7 Å². The van der Waals surface area contributed by atoms with E-state index in [0.717, 1.165) is 18.4 Å². The minimum Gasteiger partial charge on any atom is -0.352 e. The van der Waals surface area contributed by atoms with Crippen LogP contribution in [0.5, 0.6) is 0 Å². The predicted molar refractivity (Wildman–Crippen MR) is 125 cm³/mol. The van der Waals surface area contributed by atoms with E-state index in [4.69, 9.17) is 11.6 Å². The second-order valence-corrected chi connectivity index (χ2v) is 9.72. The summed E-state index contributed by atoms with van der Waals surface area (Å²) >= 11 is 6.15. The van der Waals surface area contributed by atoms with Crippen molar-refractivity contribution >= 4 is 33.2 Å². The minimum absolute atomic E-state index is 0.0878. The van der Waals surface area contributed by atoms with E-state index >= 15 is 0 Å². The largest absolute Gasteiger partial charge is 0.352 e. The highest BCUT2D eigenvalue weighted by Gasteiger charge is 2.20. The Morgan fingerprint density at radius 2 is 1.83 bits per heavy atom. The van der Waals surface area contributed by atoms with Crippen LogP contribution in [0.3, 0.4) is 0 Å².